The molecule has 3 aliphatic heterocycles. The second-order valence-corrected chi connectivity index (χ2v) is 21.8. The molecule has 6 N–H and O–H groups in total. The number of nitrogens with zero attached hydrogens (tertiary/aromatic N) is 3. The van der Waals surface area contributed by atoms with Crippen LogP contribution in [0, 0.1) is 23.4 Å². The zero-order valence-electron chi connectivity index (χ0n) is 40.6. The number of rotatable bonds is 18. The molecule has 0 saturated carbocycles. The molecule has 3 saturated heterocycles. The summed E-state index contributed by atoms with van der Waals surface area (Å²) in [7, 11) is -2.68. The predicted molar refractivity (Wildman–Crippen MR) is 258 cm³/mol. The number of hydrogen-bond acceptors (Lipinski definition) is 9. The van der Waals surface area contributed by atoms with E-state index in [1.54, 1.807) is 12.1 Å². The first kappa shape index (κ1) is 53.6. The SMILES string of the molecule is CC(C)(C)NCC(O)c1ccc(OCOP(=O)(O)O)c(C[N+]2(C)CCC(CNC(=O)[C@H]3CCCN3C(=O)[C@@H]3C[C@@H](O)CN3C(=O)CC(c3ccc(F)cc3)(c3ccc(F)cc3)c3ccc(F)cc3)CC2)c1. The van der Waals surface area contributed by atoms with Crippen LogP contribution in [0.4, 0.5) is 13.2 Å². The van der Waals surface area contributed by atoms with Gasteiger partial charge < -0.3 is 49.7 Å². The minimum absolute atomic E-state index is 0.0563. The smallest absolute Gasteiger partial charge is 0.466 e. The first-order valence-electron chi connectivity index (χ1n) is 24.1. The second kappa shape index (κ2) is 22.3. The highest BCUT2D eigenvalue weighted by Gasteiger charge is 2.48. The van der Waals surface area contributed by atoms with Crippen LogP contribution in [0.25, 0.3) is 0 Å². The minimum atomic E-state index is -4.78. The summed E-state index contributed by atoms with van der Waals surface area (Å²) in [4.78, 5) is 64.5. The fourth-order valence-electron chi connectivity index (χ4n) is 10.3. The minimum Gasteiger partial charge on any atom is -0.466 e. The van der Waals surface area contributed by atoms with Gasteiger partial charge in [0.2, 0.25) is 17.7 Å². The summed E-state index contributed by atoms with van der Waals surface area (Å²) in [5.74, 6) is -2.39. The Morgan fingerprint density at radius 2 is 1.39 bits per heavy atom. The van der Waals surface area contributed by atoms with Gasteiger partial charge in [-0.2, -0.15) is 0 Å². The Labute approximate surface area is 412 Å². The van der Waals surface area contributed by atoms with Crippen LogP contribution < -0.4 is 15.4 Å². The number of β-amino-alcohol motifs (C(OH)–C–C–N with tert-alkyl or cyclic N) is 2. The van der Waals surface area contributed by atoms with Crippen molar-refractivity contribution in [2.75, 3.05) is 53.1 Å². The molecule has 0 bridgehead atoms. The average molecular weight is 1010 g/mol. The molecule has 3 heterocycles. The van der Waals surface area contributed by atoms with E-state index in [2.05, 4.69) is 22.2 Å². The second-order valence-electron chi connectivity index (χ2n) is 20.6. The summed E-state index contributed by atoms with van der Waals surface area (Å²) in [5, 5.41) is 28.4. The van der Waals surface area contributed by atoms with E-state index in [1.165, 1.54) is 82.6 Å². The summed E-state index contributed by atoms with van der Waals surface area (Å²) in [5.41, 5.74) is 1.15. The number of carbonyl (C=O) groups excluding carboxylic acids is 3. The quantitative estimate of drug-likeness (QED) is 0.0304. The lowest BCUT2D eigenvalue weighted by Gasteiger charge is -2.41. The van der Waals surface area contributed by atoms with E-state index in [0.29, 0.717) is 65.0 Å². The third kappa shape index (κ3) is 13.5. The summed E-state index contributed by atoms with van der Waals surface area (Å²) in [6.07, 6.45) is 0.208. The molecule has 0 spiro atoms. The van der Waals surface area contributed by atoms with Crippen molar-refractivity contribution in [1.82, 2.24) is 20.4 Å². The fraction of sp³-hybridized carbons (Fsp3) is 0.481. The van der Waals surface area contributed by atoms with Gasteiger partial charge in [0.1, 0.15) is 41.8 Å². The molecule has 3 fully saturated rings. The van der Waals surface area contributed by atoms with Crippen molar-refractivity contribution in [2.45, 2.75) is 101 Å². The lowest BCUT2D eigenvalue weighted by atomic mass is 9.67. The number of benzene rings is 4. The van der Waals surface area contributed by atoms with Crippen LogP contribution in [0.2, 0.25) is 0 Å². The van der Waals surface area contributed by atoms with Crippen molar-refractivity contribution < 1.29 is 65.9 Å². The standard InChI is InChI=1S/C52H65F3N5O10P/c1-51(2,3)57-30-46(62)35-7-20-47(69-33-70-71(66,67)68)36(26-35)32-60(4)24-21-34(22-25-60)29-56-49(64)44-6-5-23-58(44)50(65)45-27-43(61)31-59(45)48(63)28-52(37-8-14-40(53)15-9-37,38-10-16-41(54)17-11-38)39-12-18-42(55)19-13-39/h7-20,26,34,43-46,57,61-62H,5-6,21-25,27-33H2,1-4H3,(H2-,56,64,66,67,68)/p+1/t34?,43-,44-,45+,46?,60?/m1/s1. The highest BCUT2D eigenvalue weighted by molar-refractivity contribution is 7.46. The van der Waals surface area contributed by atoms with Gasteiger partial charge in [0.15, 0.2) is 6.79 Å². The van der Waals surface area contributed by atoms with Crippen LogP contribution in [0.15, 0.2) is 91.0 Å². The van der Waals surface area contributed by atoms with E-state index < -0.39 is 73.6 Å². The number of carbonyl (C=O) groups is 3. The Bertz CT molecular complexity index is 2420. The van der Waals surface area contributed by atoms with Crippen LogP contribution >= 0.6 is 7.82 Å². The maximum atomic E-state index is 14.8. The van der Waals surface area contributed by atoms with Gasteiger partial charge in [-0.1, -0.05) is 42.5 Å². The van der Waals surface area contributed by atoms with Crippen molar-refractivity contribution in [1.29, 1.82) is 0 Å². The normalized spacial score (nSPS) is 22.4. The van der Waals surface area contributed by atoms with Crippen molar-refractivity contribution >= 4 is 25.5 Å². The number of amides is 3. The number of halogens is 3. The van der Waals surface area contributed by atoms with E-state index in [9.17, 15) is 52.1 Å². The number of ether oxygens (including phenoxy) is 1. The number of aliphatic hydroxyl groups is 2. The fourth-order valence-corrected chi connectivity index (χ4v) is 10.5. The molecule has 1 unspecified atom stereocenters. The van der Waals surface area contributed by atoms with Gasteiger partial charge in [0.05, 0.1) is 37.8 Å². The number of likely N-dealkylation sites (tertiary alicyclic amines) is 3. The number of nitrogens with one attached hydrogen (secondary N) is 2. The largest absolute Gasteiger partial charge is 0.472 e. The Morgan fingerprint density at radius 1 is 0.831 bits per heavy atom. The first-order chi connectivity index (χ1) is 33.5. The number of quaternary nitrogens is 1. The van der Waals surface area contributed by atoms with Crippen LogP contribution in [0.3, 0.4) is 0 Å². The maximum absolute atomic E-state index is 14.8. The number of hydrogen-bond donors (Lipinski definition) is 6. The van der Waals surface area contributed by atoms with Crippen molar-refractivity contribution in [3.63, 3.8) is 0 Å². The predicted octanol–water partition coefficient (Wildman–Crippen LogP) is 5.82. The molecule has 4 aromatic rings. The number of phosphoric acid groups is 1. The monoisotopic (exact) mass is 1010 g/mol. The molecular formula is C52H66F3N5O10P+. The van der Waals surface area contributed by atoms with Gasteiger partial charge in [-0.05, 0) is 110 Å². The number of piperidine rings is 1. The molecular weight excluding hydrogens is 943 g/mol. The zero-order chi connectivity index (χ0) is 51.3. The van der Waals surface area contributed by atoms with Crippen LogP contribution in [0.1, 0.15) is 93.2 Å². The molecule has 0 aromatic heterocycles. The Balaban J connectivity index is 1.01. The molecule has 3 aliphatic rings. The van der Waals surface area contributed by atoms with Gasteiger partial charge >= 0.3 is 7.82 Å². The number of phosphoric ester groups is 1. The highest BCUT2D eigenvalue weighted by atomic mass is 31.2. The van der Waals surface area contributed by atoms with Crippen LogP contribution in [-0.2, 0) is 35.4 Å². The maximum Gasteiger partial charge on any atom is 0.472 e. The summed E-state index contributed by atoms with van der Waals surface area (Å²) in [6.45, 7) is 8.06. The molecule has 0 radical (unpaired) electrons. The van der Waals surface area contributed by atoms with E-state index in [1.807, 2.05) is 26.8 Å². The molecule has 7 rings (SSSR count). The lowest BCUT2D eigenvalue weighted by Crippen LogP contribution is -2.54. The van der Waals surface area contributed by atoms with Gasteiger partial charge in [-0.25, -0.2) is 22.3 Å². The molecule has 15 nitrogen and oxygen atoms in total. The topological polar surface area (TPSA) is 198 Å². The molecule has 4 aromatic carbocycles. The van der Waals surface area contributed by atoms with Gasteiger partial charge in [0.25, 0.3) is 0 Å². The molecule has 19 heteroatoms. The van der Waals surface area contributed by atoms with Crippen LogP contribution in [-0.4, -0.2) is 129 Å². The van der Waals surface area contributed by atoms with Crippen LogP contribution in [0.5, 0.6) is 5.75 Å². The van der Waals surface area contributed by atoms with Crippen molar-refractivity contribution in [3.8, 4) is 5.75 Å². The van der Waals surface area contributed by atoms with Crippen molar-refractivity contribution in [3.05, 3.63) is 136 Å². The van der Waals surface area contributed by atoms with Gasteiger partial charge in [0, 0.05) is 63.0 Å². The van der Waals surface area contributed by atoms with Crippen molar-refractivity contribution in [2.24, 2.45) is 5.92 Å². The molecule has 0 aliphatic carbocycles. The first-order valence-corrected chi connectivity index (χ1v) is 25.6. The molecule has 384 valence electrons. The number of aliphatic hydroxyl groups excluding tert-OH is 2. The summed E-state index contributed by atoms with van der Waals surface area (Å²) in [6, 6.07) is 19.9. The van der Waals surface area contributed by atoms with E-state index in [0.717, 1.165) is 31.5 Å². The molecule has 4 atom stereocenters. The third-order valence-corrected chi connectivity index (χ3v) is 14.6. The molecule has 3 amide bonds. The van der Waals surface area contributed by atoms with Gasteiger partial charge in [-0.3, -0.25) is 14.4 Å². The third-order valence-electron chi connectivity index (χ3n) is 14.2. The van der Waals surface area contributed by atoms with Gasteiger partial charge in [-0.15, -0.1) is 0 Å². The molecule has 71 heavy (non-hydrogen) atoms. The zero-order valence-corrected chi connectivity index (χ0v) is 41.5. The van der Waals surface area contributed by atoms with E-state index in [-0.39, 0.29) is 43.3 Å². The summed E-state index contributed by atoms with van der Waals surface area (Å²) < 4.78 is 65.3. The van der Waals surface area contributed by atoms with E-state index in [4.69, 9.17) is 4.74 Å². The van der Waals surface area contributed by atoms with E-state index >= 15 is 0 Å². The summed E-state index contributed by atoms with van der Waals surface area (Å²) >= 11 is 0. The Kier molecular flexibility index (Phi) is 16.8. The Morgan fingerprint density at radius 3 is 1.93 bits per heavy atom. The highest BCUT2D eigenvalue weighted by Crippen LogP contribution is 2.44. The Hall–Kier alpha value is -5.17. The lowest BCUT2D eigenvalue weighted by molar-refractivity contribution is -0.928. The average Bonchev–Trinajstić information content (AvgIpc) is 3.98.